The molecule has 0 heterocycles. The van der Waals surface area contributed by atoms with Crippen LogP contribution in [0.5, 0.6) is 0 Å². The van der Waals surface area contributed by atoms with E-state index in [1.54, 1.807) is 0 Å². The number of rotatable bonds is 5. The van der Waals surface area contributed by atoms with Crippen molar-refractivity contribution in [3.63, 3.8) is 0 Å². The van der Waals surface area contributed by atoms with E-state index >= 15 is 0 Å². The molecule has 0 spiro atoms. The van der Waals surface area contributed by atoms with Crippen LogP contribution in [0.1, 0.15) is 17.5 Å². The van der Waals surface area contributed by atoms with E-state index in [0.717, 1.165) is 24.1 Å². The maximum atomic E-state index is 5.44. The van der Waals surface area contributed by atoms with Crippen LogP contribution in [0.15, 0.2) is 60.7 Å². The van der Waals surface area contributed by atoms with Gasteiger partial charge in [0.05, 0.1) is 0 Å². The molecule has 0 aromatic heterocycles. The molecule has 0 atom stereocenters. The van der Waals surface area contributed by atoms with Crippen LogP contribution in [-0.4, -0.2) is 4.86 Å². The Balaban J connectivity index is 1.83. The topological polar surface area (TPSA) is 0 Å². The lowest BCUT2D eigenvalue weighted by Gasteiger charge is -2.04. The lowest BCUT2D eigenvalue weighted by molar-refractivity contribution is 1.03. The number of hydrogen-bond acceptors (Lipinski definition) is 1. The number of aryl methyl sites for hydroxylation is 1. The van der Waals surface area contributed by atoms with Gasteiger partial charge < -0.3 is 0 Å². The molecule has 0 bridgehead atoms. The van der Waals surface area contributed by atoms with Crippen molar-refractivity contribution in [3.05, 3.63) is 71.8 Å². The summed E-state index contributed by atoms with van der Waals surface area (Å²) in [4.78, 5) is 1.14. The third kappa shape index (κ3) is 4.12. The second kappa shape index (κ2) is 6.31. The van der Waals surface area contributed by atoms with Crippen molar-refractivity contribution in [2.75, 3.05) is 0 Å². The third-order valence-electron chi connectivity index (χ3n) is 2.78. The molecule has 0 amide bonds. The summed E-state index contributed by atoms with van der Waals surface area (Å²) in [6.07, 6.45) is 2.96. The fourth-order valence-electron chi connectivity index (χ4n) is 1.84. The lowest BCUT2D eigenvalue weighted by atomic mass is 10.0. The van der Waals surface area contributed by atoms with Crippen LogP contribution in [0, 0.1) is 0 Å². The van der Waals surface area contributed by atoms with E-state index in [-0.39, 0.29) is 0 Å². The first kappa shape index (κ1) is 12.0. The van der Waals surface area contributed by atoms with Gasteiger partial charge in [0.2, 0.25) is 0 Å². The van der Waals surface area contributed by atoms with Crippen molar-refractivity contribution >= 4 is 17.1 Å². The first-order valence-electron chi connectivity index (χ1n) is 5.94. The molecule has 0 N–H and O–H groups in total. The summed E-state index contributed by atoms with van der Waals surface area (Å²) in [6, 6.07) is 21.0. The van der Waals surface area contributed by atoms with Crippen molar-refractivity contribution in [2.24, 2.45) is 0 Å². The fourth-order valence-corrected chi connectivity index (χ4v) is 2.11. The molecule has 0 aliphatic carbocycles. The Bertz CT molecular complexity index is 459. The summed E-state index contributed by atoms with van der Waals surface area (Å²) in [7, 11) is 0. The molecule has 2 aromatic carbocycles. The Kier molecular flexibility index (Phi) is 4.45. The molecule has 1 heteroatoms. The molecule has 0 aliphatic heterocycles. The molecular formula is C16H16S. The number of thiocarbonyl (C=S) groups is 1. The molecule has 0 aliphatic rings. The van der Waals surface area contributed by atoms with Gasteiger partial charge >= 0.3 is 0 Å². The van der Waals surface area contributed by atoms with Gasteiger partial charge in [-0.05, 0) is 28.8 Å². The third-order valence-corrected chi connectivity index (χ3v) is 3.13. The van der Waals surface area contributed by atoms with E-state index < -0.39 is 0 Å². The van der Waals surface area contributed by atoms with Gasteiger partial charge in [0.1, 0.15) is 0 Å². The van der Waals surface area contributed by atoms with Gasteiger partial charge in [-0.3, -0.25) is 0 Å². The Labute approximate surface area is 108 Å². The summed E-state index contributed by atoms with van der Waals surface area (Å²) in [5, 5.41) is 0. The highest BCUT2D eigenvalue weighted by Gasteiger charge is 2.00. The summed E-state index contributed by atoms with van der Waals surface area (Å²) in [5.74, 6) is 0. The van der Waals surface area contributed by atoms with Crippen molar-refractivity contribution in [2.45, 2.75) is 19.3 Å². The quantitative estimate of drug-likeness (QED) is 0.705. The smallest absolute Gasteiger partial charge is 0.00383 e. The van der Waals surface area contributed by atoms with Gasteiger partial charge in [-0.15, -0.1) is 0 Å². The molecule has 17 heavy (non-hydrogen) atoms. The van der Waals surface area contributed by atoms with E-state index in [0.29, 0.717) is 0 Å². The maximum absolute atomic E-state index is 5.44. The van der Waals surface area contributed by atoms with Crippen molar-refractivity contribution < 1.29 is 0 Å². The van der Waals surface area contributed by atoms with Crippen LogP contribution in [0.3, 0.4) is 0 Å². The Morgan fingerprint density at radius 3 is 1.88 bits per heavy atom. The van der Waals surface area contributed by atoms with Crippen LogP contribution in [0.25, 0.3) is 0 Å². The van der Waals surface area contributed by atoms with Gasteiger partial charge in [0, 0.05) is 6.42 Å². The molecular weight excluding hydrogens is 224 g/mol. The molecule has 0 saturated carbocycles. The van der Waals surface area contributed by atoms with Crippen LogP contribution in [0.2, 0.25) is 0 Å². The summed E-state index contributed by atoms with van der Waals surface area (Å²) < 4.78 is 0. The number of benzene rings is 2. The minimum Gasteiger partial charge on any atom is -0.0893 e. The van der Waals surface area contributed by atoms with Crippen molar-refractivity contribution in [1.82, 2.24) is 0 Å². The highest BCUT2D eigenvalue weighted by atomic mass is 32.1. The van der Waals surface area contributed by atoms with Crippen LogP contribution in [0.4, 0.5) is 0 Å². The number of hydrogen-bond donors (Lipinski definition) is 0. The van der Waals surface area contributed by atoms with Crippen LogP contribution in [-0.2, 0) is 12.8 Å². The van der Waals surface area contributed by atoms with Gasteiger partial charge in [-0.25, -0.2) is 0 Å². The highest BCUT2D eigenvalue weighted by Crippen LogP contribution is 2.07. The van der Waals surface area contributed by atoms with Gasteiger partial charge in [-0.1, -0.05) is 72.9 Å². The van der Waals surface area contributed by atoms with Gasteiger partial charge in [-0.2, -0.15) is 0 Å². The molecule has 2 rings (SSSR count). The largest absolute Gasteiger partial charge is 0.0893 e. The lowest BCUT2D eigenvalue weighted by Crippen LogP contribution is -2.01. The summed E-state index contributed by atoms with van der Waals surface area (Å²) >= 11 is 5.44. The monoisotopic (exact) mass is 240 g/mol. The fraction of sp³-hybridized carbons (Fsp3) is 0.188. The van der Waals surface area contributed by atoms with E-state index in [1.165, 1.54) is 11.1 Å². The molecule has 0 unspecified atom stereocenters. The summed E-state index contributed by atoms with van der Waals surface area (Å²) in [6.45, 7) is 0. The van der Waals surface area contributed by atoms with E-state index in [4.69, 9.17) is 12.2 Å². The van der Waals surface area contributed by atoms with Crippen molar-refractivity contribution in [1.29, 1.82) is 0 Å². The highest BCUT2D eigenvalue weighted by molar-refractivity contribution is 7.80. The van der Waals surface area contributed by atoms with Crippen LogP contribution >= 0.6 is 12.2 Å². The van der Waals surface area contributed by atoms with Crippen molar-refractivity contribution in [3.8, 4) is 0 Å². The van der Waals surface area contributed by atoms with E-state index in [9.17, 15) is 0 Å². The zero-order valence-corrected chi connectivity index (χ0v) is 10.6. The maximum Gasteiger partial charge on any atom is 0.00383 e. The molecule has 0 radical (unpaired) electrons. The molecule has 0 nitrogen and oxygen atoms in total. The average molecular weight is 240 g/mol. The normalized spacial score (nSPS) is 10.1. The second-order valence-electron chi connectivity index (χ2n) is 4.19. The molecule has 2 aromatic rings. The SMILES string of the molecule is S=C(CCc1ccccc1)Cc1ccccc1. The van der Waals surface area contributed by atoms with Crippen LogP contribution < -0.4 is 0 Å². The standard InChI is InChI=1S/C16H16S/c17-16(13-15-9-5-2-6-10-15)12-11-14-7-3-1-4-8-14/h1-10H,11-13H2. The minimum absolute atomic E-state index is 0.920. The molecule has 86 valence electrons. The summed E-state index contributed by atoms with van der Waals surface area (Å²) in [5.41, 5.74) is 2.67. The van der Waals surface area contributed by atoms with E-state index in [2.05, 4.69) is 48.5 Å². The van der Waals surface area contributed by atoms with Gasteiger partial charge in [0.15, 0.2) is 0 Å². The molecule has 0 saturated heterocycles. The minimum atomic E-state index is 0.920. The Hall–Kier alpha value is -1.47. The average Bonchev–Trinajstić information content (AvgIpc) is 2.39. The zero-order chi connectivity index (χ0) is 11.9. The predicted octanol–water partition coefficient (Wildman–Crippen LogP) is 4.23. The Morgan fingerprint density at radius 1 is 0.765 bits per heavy atom. The zero-order valence-electron chi connectivity index (χ0n) is 9.80. The second-order valence-corrected chi connectivity index (χ2v) is 4.76. The predicted molar refractivity (Wildman–Crippen MR) is 77.5 cm³/mol. The Morgan fingerprint density at radius 2 is 1.29 bits per heavy atom. The first-order chi connectivity index (χ1) is 8.34. The first-order valence-corrected chi connectivity index (χ1v) is 6.35. The van der Waals surface area contributed by atoms with Gasteiger partial charge in [0.25, 0.3) is 0 Å². The molecule has 0 fully saturated rings. The van der Waals surface area contributed by atoms with E-state index in [1.807, 2.05) is 12.1 Å².